The van der Waals surface area contributed by atoms with Crippen LogP contribution in [-0.4, -0.2) is 17.5 Å². The third kappa shape index (κ3) is 3.92. The van der Waals surface area contributed by atoms with Crippen LogP contribution < -0.4 is 10.1 Å². The second-order valence-corrected chi connectivity index (χ2v) is 7.34. The van der Waals surface area contributed by atoms with E-state index in [9.17, 15) is 4.79 Å². The van der Waals surface area contributed by atoms with E-state index < -0.39 is 0 Å². The van der Waals surface area contributed by atoms with E-state index in [2.05, 4.69) is 24.1 Å². The minimum Gasteiger partial charge on any atom is -0.493 e. The summed E-state index contributed by atoms with van der Waals surface area (Å²) >= 11 is 1.65. The molecule has 2 aromatic carbocycles. The van der Waals surface area contributed by atoms with Crippen molar-refractivity contribution < 1.29 is 9.53 Å². The van der Waals surface area contributed by atoms with E-state index in [4.69, 9.17) is 4.74 Å². The van der Waals surface area contributed by atoms with Gasteiger partial charge in [-0.05, 0) is 49.2 Å². The second kappa shape index (κ2) is 7.01. The predicted octanol–water partition coefficient (Wildman–Crippen LogP) is 4.89. The highest BCUT2D eigenvalue weighted by Crippen LogP contribution is 2.25. The van der Waals surface area contributed by atoms with Gasteiger partial charge >= 0.3 is 0 Å². The minimum atomic E-state index is -0.156. The van der Waals surface area contributed by atoms with Crippen molar-refractivity contribution in [2.24, 2.45) is 5.92 Å². The Morgan fingerprint density at radius 1 is 1.25 bits per heavy atom. The molecule has 1 amide bonds. The number of carbonyl (C=O) groups is 1. The summed E-state index contributed by atoms with van der Waals surface area (Å²) in [6, 6.07) is 13.0. The van der Waals surface area contributed by atoms with E-state index in [0.717, 1.165) is 20.9 Å². The number of hydrogen-bond donors (Lipinski definition) is 1. The number of nitrogens with one attached hydrogen (secondary N) is 1. The zero-order chi connectivity index (χ0) is 17.1. The summed E-state index contributed by atoms with van der Waals surface area (Å²) in [6.45, 7) is 6.79. The van der Waals surface area contributed by atoms with Gasteiger partial charge in [0.25, 0.3) is 5.91 Å². The molecule has 4 nitrogen and oxygen atoms in total. The van der Waals surface area contributed by atoms with E-state index in [-0.39, 0.29) is 5.91 Å². The van der Waals surface area contributed by atoms with Crippen molar-refractivity contribution in [3.8, 4) is 5.75 Å². The number of nitrogens with zero attached hydrogens (tertiary/aromatic N) is 1. The highest BCUT2D eigenvalue weighted by molar-refractivity contribution is 7.18. The van der Waals surface area contributed by atoms with Crippen LogP contribution in [0.15, 0.2) is 42.5 Å². The van der Waals surface area contributed by atoms with Crippen molar-refractivity contribution in [3.63, 3.8) is 0 Å². The quantitative estimate of drug-likeness (QED) is 0.719. The average Bonchev–Trinajstić information content (AvgIpc) is 2.92. The lowest BCUT2D eigenvalue weighted by molar-refractivity contribution is 0.102. The van der Waals surface area contributed by atoms with Crippen molar-refractivity contribution >= 4 is 33.1 Å². The maximum Gasteiger partial charge on any atom is 0.255 e. The number of thiazole rings is 1. The van der Waals surface area contributed by atoms with Crippen LogP contribution in [0.5, 0.6) is 5.75 Å². The van der Waals surface area contributed by atoms with Gasteiger partial charge in [0.05, 0.1) is 21.8 Å². The van der Waals surface area contributed by atoms with Crippen molar-refractivity contribution in [2.45, 2.75) is 20.8 Å². The van der Waals surface area contributed by atoms with Crippen LogP contribution in [0.3, 0.4) is 0 Å². The van der Waals surface area contributed by atoms with Crippen LogP contribution in [-0.2, 0) is 0 Å². The minimum absolute atomic E-state index is 0.156. The van der Waals surface area contributed by atoms with Gasteiger partial charge in [-0.3, -0.25) is 4.79 Å². The van der Waals surface area contributed by atoms with Crippen LogP contribution >= 0.6 is 11.3 Å². The topological polar surface area (TPSA) is 51.2 Å². The van der Waals surface area contributed by atoms with Gasteiger partial charge in [0.2, 0.25) is 0 Å². The first-order valence-corrected chi connectivity index (χ1v) is 8.74. The Balaban J connectivity index is 1.74. The molecule has 0 atom stereocenters. The average molecular weight is 340 g/mol. The summed E-state index contributed by atoms with van der Waals surface area (Å²) in [5.74, 6) is 0.994. The fourth-order valence-corrected chi connectivity index (χ4v) is 3.12. The molecule has 0 aliphatic carbocycles. The Morgan fingerprint density at radius 2 is 2.08 bits per heavy atom. The fourth-order valence-electron chi connectivity index (χ4n) is 2.31. The zero-order valence-corrected chi connectivity index (χ0v) is 14.8. The first-order chi connectivity index (χ1) is 11.5. The molecule has 0 unspecified atom stereocenters. The number of hydrogen-bond acceptors (Lipinski definition) is 4. The van der Waals surface area contributed by atoms with Gasteiger partial charge in [0.1, 0.15) is 5.75 Å². The highest BCUT2D eigenvalue weighted by atomic mass is 32.1. The number of aromatic nitrogens is 1. The van der Waals surface area contributed by atoms with Gasteiger partial charge in [-0.2, -0.15) is 0 Å². The molecule has 0 radical (unpaired) electrons. The molecule has 0 saturated carbocycles. The van der Waals surface area contributed by atoms with E-state index in [0.29, 0.717) is 23.8 Å². The molecule has 0 aliphatic rings. The third-order valence-corrected chi connectivity index (χ3v) is 4.38. The fraction of sp³-hybridized carbons (Fsp3) is 0.263. The summed E-state index contributed by atoms with van der Waals surface area (Å²) in [6.07, 6.45) is 0. The normalized spacial score (nSPS) is 11.0. The summed E-state index contributed by atoms with van der Waals surface area (Å²) in [4.78, 5) is 16.9. The maximum atomic E-state index is 12.5. The standard InChI is InChI=1S/C19H20N2O2S/c1-12(2)11-23-16-6-4-5-14(9-16)19(22)21-15-7-8-18-17(10-15)20-13(3)24-18/h4-10,12H,11H2,1-3H3,(H,21,22). The molecular weight excluding hydrogens is 320 g/mol. The van der Waals surface area contributed by atoms with Crippen molar-refractivity contribution in [1.82, 2.24) is 4.98 Å². The van der Waals surface area contributed by atoms with E-state index in [1.165, 1.54) is 0 Å². The Bertz CT molecular complexity index is 871. The number of aryl methyl sites for hydroxylation is 1. The van der Waals surface area contributed by atoms with Gasteiger partial charge in [0, 0.05) is 11.3 Å². The molecule has 0 fully saturated rings. The molecule has 0 bridgehead atoms. The summed E-state index contributed by atoms with van der Waals surface area (Å²) in [7, 11) is 0. The number of anilines is 1. The number of ether oxygens (including phenoxy) is 1. The van der Waals surface area contributed by atoms with Gasteiger partial charge in [-0.25, -0.2) is 4.98 Å². The monoisotopic (exact) mass is 340 g/mol. The van der Waals surface area contributed by atoms with Crippen LogP contribution in [0.1, 0.15) is 29.2 Å². The highest BCUT2D eigenvalue weighted by Gasteiger charge is 2.09. The maximum absolute atomic E-state index is 12.5. The molecule has 0 spiro atoms. The second-order valence-electron chi connectivity index (χ2n) is 6.10. The Hall–Kier alpha value is -2.40. The molecule has 3 aromatic rings. The predicted molar refractivity (Wildman–Crippen MR) is 99.1 cm³/mol. The lowest BCUT2D eigenvalue weighted by atomic mass is 10.2. The molecule has 5 heteroatoms. The largest absolute Gasteiger partial charge is 0.493 e. The van der Waals surface area contributed by atoms with Gasteiger partial charge in [0.15, 0.2) is 0 Å². The van der Waals surface area contributed by atoms with Crippen LogP contribution in [0, 0.1) is 12.8 Å². The first kappa shape index (κ1) is 16.5. The Morgan fingerprint density at radius 3 is 2.88 bits per heavy atom. The summed E-state index contributed by atoms with van der Waals surface area (Å²) in [5.41, 5.74) is 2.22. The SMILES string of the molecule is Cc1nc2cc(NC(=O)c3cccc(OCC(C)C)c3)ccc2s1. The number of rotatable bonds is 5. The molecule has 1 N–H and O–H groups in total. The van der Waals surface area contributed by atoms with Crippen molar-refractivity contribution in [3.05, 3.63) is 53.0 Å². The molecule has 0 aliphatic heterocycles. The number of benzene rings is 2. The lowest BCUT2D eigenvalue weighted by Gasteiger charge is -2.10. The number of fused-ring (bicyclic) bond motifs is 1. The van der Waals surface area contributed by atoms with Crippen molar-refractivity contribution in [1.29, 1.82) is 0 Å². The van der Waals surface area contributed by atoms with E-state index in [1.54, 1.807) is 23.5 Å². The molecular formula is C19H20N2O2S. The molecule has 0 saturated heterocycles. The molecule has 1 aromatic heterocycles. The molecule has 24 heavy (non-hydrogen) atoms. The lowest BCUT2D eigenvalue weighted by Crippen LogP contribution is -2.12. The van der Waals surface area contributed by atoms with Crippen molar-refractivity contribution in [2.75, 3.05) is 11.9 Å². The van der Waals surface area contributed by atoms with Crippen LogP contribution in [0.4, 0.5) is 5.69 Å². The summed E-state index contributed by atoms with van der Waals surface area (Å²) < 4.78 is 6.80. The smallest absolute Gasteiger partial charge is 0.255 e. The van der Waals surface area contributed by atoms with Crippen LogP contribution in [0.25, 0.3) is 10.2 Å². The number of carbonyl (C=O) groups excluding carboxylic acids is 1. The zero-order valence-electron chi connectivity index (χ0n) is 14.0. The van der Waals surface area contributed by atoms with E-state index in [1.807, 2.05) is 37.3 Å². The Labute approximate surface area is 145 Å². The summed E-state index contributed by atoms with van der Waals surface area (Å²) in [5, 5.41) is 3.94. The molecule has 124 valence electrons. The first-order valence-electron chi connectivity index (χ1n) is 7.92. The van der Waals surface area contributed by atoms with Gasteiger partial charge in [-0.1, -0.05) is 19.9 Å². The van der Waals surface area contributed by atoms with Crippen LogP contribution in [0.2, 0.25) is 0 Å². The van der Waals surface area contributed by atoms with E-state index >= 15 is 0 Å². The van der Waals surface area contributed by atoms with Gasteiger partial charge < -0.3 is 10.1 Å². The Kier molecular flexibility index (Phi) is 4.81. The molecule has 1 heterocycles. The number of amides is 1. The third-order valence-electron chi connectivity index (χ3n) is 3.43. The molecule has 3 rings (SSSR count). The van der Waals surface area contributed by atoms with Gasteiger partial charge in [-0.15, -0.1) is 11.3 Å².